The Kier molecular flexibility index (Phi) is 4.11. The molecule has 0 aliphatic carbocycles. The maximum atomic E-state index is 11.7. The van der Waals surface area contributed by atoms with Crippen molar-refractivity contribution in [3.05, 3.63) is 54.1 Å². The summed E-state index contributed by atoms with van der Waals surface area (Å²) in [6, 6.07) is 7.31. The zero-order valence-electron chi connectivity index (χ0n) is 9.83. The Morgan fingerprint density at radius 2 is 2.17 bits per heavy atom. The lowest BCUT2D eigenvalue weighted by Crippen LogP contribution is -2.26. The Morgan fingerprint density at radius 3 is 2.83 bits per heavy atom. The highest BCUT2D eigenvalue weighted by Gasteiger charge is 2.10. The van der Waals surface area contributed by atoms with E-state index in [9.17, 15) is 8.42 Å². The summed E-state index contributed by atoms with van der Waals surface area (Å²) in [4.78, 5) is 6.97. The van der Waals surface area contributed by atoms with E-state index in [-0.39, 0.29) is 5.75 Å². The molecule has 2 heterocycles. The minimum Gasteiger partial charge on any atom is -0.367 e. The van der Waals surface area contributed by atoms with Crippen molar-refractivity contribution < 1.29 is 8.42 Å². The Hall–Kier alpha value is -1.66. The van der Waals surface area contributed by atoms with E-state index >= 15 is 0 Å². The molecular formula is C12H15N3O2S. The maximum absolute atomic E-state index is 11.7. The number of hydrogen-bond acceptors (Lipinski definition) is 3. The minimum atomic E-state index is -3.26. The zero-order chi connectivity index (χ0) is 12.8. The van der Waals surface area contributed by atoms with E-state index in [0.717, 1.165) is 11.3 Å². The first-order valence-corrected chi connectivity index (χ1v) is 7.30. The summed E-state index contributed by atoms with van der Waals surface area (Å²) < 4.78 is 26.1. The maximum Gasteiger partial charge on any atom is 0.212 e. The van der Waals surface area contributed by atoms with Crippen molar-refractivity contribution in [2.75, 3.05) is 5.75 Å². The number of aromatic nitrogens is 2. The fourth-order valence-corrected chi connectivity index (χ4v) is 2.53. The van der Waals surface area contributed by atoms with Crippen LogP contribution in [0.5, 0.6) is 0 Å². The molecule has 2 aromatic heterocycles. The first kappa shape index (κ1) is 12.8. The van der Waals surface area contributed by atoms with Crippen molar-refractivity contribution in [1.29, 1.82) is 0 Å². The number of rotatable bonds is 6. The average molecular weight is 265 g/mol. The van der Waals surface area contributed by atoms with Crippen molar-refractivity contribution in [3.63, 3.8) is 0 Å². The monoisotopic (exact) mass is 265 g/mol. The van der Waals surface area contributed by atoms with Gasteiger partial charge < -0.3 is 4.98 Å². The lowest BCUT2D eigenvalue weighted by molar-refractivity contribution is 0.580. The highest BCUT2D eigenvalue weighted by molar-refractivity contribution is 7.89. The van der Waals surface area contributed by atoms with Gasteiger partial charge in [0.2, 0.25) is 10.0 Å². The topological polar surface area (TPSA) is 74.8 Å². The van der Waals surface area contributed by atoms with E-state index in [2.05, 4.69) is 14.7 Å². The predicted octanol–water partition coefficient (Wildman–Crippen LogP) is 1.07. The van der Waals surface area contributed by atoms with Gasteiger partial charge >= 0.3 is 0 Å². The lowest BCUT2D eigenvalue weighted by atomic mass is 10.3. The number of hydrogen-bond donors (Lipinski definition) is 2. The van der Waals surface area contributed by atoms with Gasteiger partial charge in [0.1, 0.15) is 0 Å². The SMILES string of the molecule is O=S(=O)(CCc1ccccn1)NCc1cc[nH]c1. The summed E-state index contributed by atoms with van der Waals surface area (Å²) >= 11 is 0. The fraction of sp³-hybridized carbons (Fsp3) is 0.250. The zero-order valence-corrected chi connectivity index (χ0v) is 10.7. The second-order valence-electron chi connectivity index (χ2n) is 3.93. The van der Waals surface area contributed by atoms with Gasteiger partial charge in [-0.1, -0.05) is 6.07 Å². The molecule has 0 unspecified atom stereocenters. The van der Waals surface area contributed by atoms with Crippen LogP contribution in [0.4, 0.5) is 0 Å². The molecule has 6 heteroatoms. The van der Waals surface area contributed by atoms with Crippen LogP contribution in [-0.2, 0) is 23.0 Å². The molecule has 0 fully saturated rings. The van der Waals surface area contributed by atoms with Gasteiger partial charge in [-0.2, -0.15) is 0 Å². The van der Waals surface area contributed by atoms with Gasteiger partial charge in [0.05, 0.1) is 5.75 Å². The van der Waals surface area contributed by atoms with E-state index in [1.807, 2.05) is 24.3 Å². The molecule has 96 valence electrons. The molecule has 0 aromatic carbocycles. The molecular weight excluding hydrogens is 250 g/mol. The van der Waals surface area contributed by atoms with Gasteiger partial charge in [0.25, 0.3) is 0 Å². The van der Waals surface area contributed by atoms with E-state index in [1.165, 1.54) is 0 Å². The third-order valence-corrected chi connectivity index (χ3v) is 3.84. The molecule has 0 radical (unpaired) electrons. The van der Waals surface area contributed by atoms with Gasteiger partial charge in [-0.3, -0.25) is 4.98 Å². The van der Waals surface area contributed by atoms with Crippen LogP contribution in [-0.4, -0.2) is 24.1 Å². The number of aromatic amines is 1. The molecule has 0 spiro atoms. The van der Waals surface area contributed by atoms with Gasteiger partial charge in [0.15, 0.2) is 0 Å². The highest BCUT2D eigenvalue weighted by atomic mass is 32.2. The van der Waals surface area contributed by atoms with E-state index in [1.54, 1.807) is 18.6 Å². The summed E-state index contributed by atoms with van der Waals surface area (Å²) in [6.07, 6.45) is 5.61. The van der Waals surface area contributed by atoms with E-state index < -0.39 is 10.0 Å². The molecule has 0 aliphatic heterocycles. The molecule has 0 aliphatic rings. The number of nitrogens with one attached hydrogen (secondary N) is 2. The van der Waals surface area contributed by atoms with Crippen LogP contribution in [0.15, 0.2) is 42.9 Å². The Labute approximate surface area is 106 Å². The van der Waals surface area contributed by atoms with Crippen LogP contribution < -0.4 is 4.72 Å². The Bertz CT molecular complexity index is 565. The van der Waals surface area contributed by atoms with Gasteiger partial charge in [-0.15, -0.1) is 0 Å². The highest BCUT2D eigenvalue weighted by Crippen LogP contribution is 2.00. The summed E-state index contributed by atoms with van der Waals surface area (Å²) in [6.45, 7) is 0.314. The quantitative estimate of drug-likeness (QED) is 0.820. The fourth-order valence-electron chi connectivity index (χ4n) is 1.52. The van der Waals surface area contributed by atoms with Gasteiger partial charge in [-0.05, 0) is 23.8 Å². The number of aryl methyl sites for hydroxylation is 1. The van der Waals surface area contributed by atoms with Crippen LogP contribution in [0.1, 0.15) is 11.3 Å². The molecule has 18 heavy (non-hydrogen) atoms. The molecule has 0 bridgehead atoms. The first-order chi connectivity index (χ1) is 8.66. The molecule has 0 amide bonds. The number of pyridine rings is 1. The number of H-pyrrole nitrogens is 1. The second kappa shape index (κ2) is 5.79. The largest absolute Gasteiger partial charge is 0.367 e. The molecule has 0 atom stereocenters. The average Bonchev–Trinajstić information content (AvgIpc) is 2.89. The lowest BCUT2D eigenvalue weighted by Gasteiger charge is -2.05. The summed E-state index contributed by atoms with van der Waals surface area (Å²) in [5, 5.41) is 0. The molecule has 0 saturated heterocycles. The van der Waals surface area contributed by atoms with Crippen LogP contribution in [0.2, 0.25) is 0 Å². The normalized spacial score (nSPS) is 11.6. The van der Waals surface area contributed by atoms with Crippen molar-refractivity contribution in [3.8, 4) is 0 Å². The number of nitrogens with zero attached hydrogens (tertiary/aromatic N) is 1. The van der Waals surface area contributed by atoms with Crippen molar-refractivity contribution >= 4 is 10.0 Å². The molecule has 2 N–H and O–H groups in total. The van der Waals surface area contributed by atoms with E-state index in [0.29, 0.717) is 13.0 Å². The van der Waals surface area contributed by atoms with Crippen LogP contribution in [0.25, 0.3) is 0 Å². The number of sulfonamides is 1. The first-order valence-electron chi connectivity index (χ1n) is 5.65. The summed E-state index contributed by atoms with van der Waals surface area (Å²) in [7, 11) is -3.26. The van der Waals surface area contributed by atoms with Crippen molar-refractivity contribution in [1.82, 2.24) is 14.7 Å². The smallest absolute Gasteiger partial charge is 0.212 e. The Morgan fingerprint density at radius 1 is 1.28 bits per heavy atom. The third kappa shape index (κ3) is 3.97. The van der Waals surface area contributed by atoms with Crippen LogP contribution in [0.3, 0.4) is 0 Å². The van der Waals surface area contributed by atoms with E-state index in [4.69, 9.17) is 0 Å². The van der Waals surface area contributed by atoms with Crippen molar-refractivity contribution in [2.45, 2.75) is 13.0 Å². The minimum absolute atomic E-state index is 0.0500. The van der Waals surface area contributed by atoms with Gasteiger partial charge in [0, 0.05) is 37.3 Å². The standard InChI is InChI=1S/C12H15N3O2S/c16-18(17,15-10-11-4-7-13-9-11)8-5-12-3-1-2-6-14-12/h1-4,6-7,9,13,15H,5,8,10H2. The van der Waals surface area contributed by atoms with Crippen LogP contribution >= 0.6 is 0 Å². The molecule has 5 nitrogen and oxygen atoms in total. The van der Waals surface area contributed by atoms with Gasteiger partial charge in [-0.25, -0.2) is 13.1 Å². The Balaban J connectivity index is 1.84. The molecule has 2 aromatic rings. The van der Waals surface area contributed by atoms with Crippen LogP contribution in [0, 0.1) is 0 Å². The van der Waals surface area contributed by atoms with Crippen molar-refractivity contribution in [2.24, 2.45) is 0 Å². The third-order valence-electron chi connectivity index (χ3n) is 2.51. The molecule has 0 saturated carbocycles. The molecule has 2 rings (SSSR count). The summed E-state index contributed by atoms with van der Waals surface area (Å²) in [5.74, 6) is 0.0500. The summed E-state index contributed by atoms with van der Waals surface area (Å²) in [5.41, 5.74) is 1.70. The second-order valence-corrected chi connectivity index (χ2v) is 5.86. The predicted molar refractivity (Wildman–Crippen MR) is 69.4 cm³/mol.